The molecule has 2 N–H and O–H groups in total. The molecule has 66 heavy (non-hydrogen) atoms. The van der Waals surface area contributed by atoms with Crippen molar-refractivity contribution in [2.45, 2.75) is 116 Å². The zero-order chi connectivity index (χ0) is 46.0. The second-order valence-electron chi connectivity index (χ2n) is 21.1. The summed E-state index contributed by atoms with van der Waals surface area (Å²) in [6, 6.07) is 10.0. The topological polar surface area (TPSA) is 143 Å². The van der Waals surface area contributed by atoms with Crippen molar-refractivity contribution in [3.05, 3.63) is 58.2 Å². The Hall–Kier alpha value is -4.25. The van der Waals surface area contributed by atoms with Crippen molar-refractivity contribution < 1.29 is 28.6 Å². The summed E-state index contributed by atoms with van der Waals surface area (Å²) in [5, 5.41) is 8.53. The van der Waals surface area contributed by atoms with E-state index in [-0.39, 0.29) is 48.3 Å². The zero-order valence-corrected chi connectivity index (χ0v) is 40.6. The molecule has 4 aliphatic heterocycles. The van der Waals surface area contributed by atoms with Gasteiger partial charge in [0.05, 0.1) is 42.4 Å². The van der Waals surface area contributed by atoms with Crippen molar-refractivity contribution >= 4 is 40.0 Å². The number of benzene rings is 1. The average molecular weight is 921 g/mol. The first-order valence-corrected chi connectivity index (χ1v) is 25.4. The molecule has 10 rings (SSSR count). The number of carbonyl (C=O) groups excluding carboxylic acids is 3. The zero-order valence-electron chi connectivity index (χ0n) is 39.8. The van der Waals surface area contributed by atoms with Crippen LogP contribution >= 0.6 is 11.3 Å². The third kappa shape index (κ3) is 8.96. The smallest absolute Gasteiger partial charge is 0.324 e. The van der Waals surface area contributed by atoms with Gasteiger partial charge in [0.2, 0.25) is 5.91 Å². The number of nitrogens with one attached hydrogen (secondary N) is 2. The van der Waals surface area contributed by atoms with Crippen LogP contribution in [0.4, 0.5) is 0 Å². The van der Waals surface area contributed by atoms with E-state index in [4.69, 9.17) is 24.2 Å². The summed E-state index contributed by atoms with van der Waals surface area (Å²) >= 11 is 1.46. The number of hydrazine groups is 1. The fourth-order valence-corrected chi connectivity index (χ4v) is 11.9. The van der Waals surface area contributed by atoms with Crippen LogP contribution in [-0.2, 0) is 35.0 Å². The van der Waals surface area contributed by atoms with Gasteiger partial charge in [-0.1, -0.05) is 33.8 Å². The van der Waals surface area contributed by atoms with Crippen LogP contribution in [0.5, 0.6) is 0 Å². The van der Waals surface area contributed by atoms with Gasteiger partial charge in [0, 0.05) is 77.7 Å². The number of methoxy groups -OCH3 is 1. The number of thiazole rings is 1. The van der Waals surface area contributed by atoms with Gasteiger partial charge in [0.1, 0.15) is 23.2 Å². The summed E-state index contributed by atoms with van der Waals surface area (Å²) < 4.78 is 21.7. The standard InChI is InChI=1S/C51H68N8O6S/c1-29-30(2)42(29)47(60)54-44-46(64-26-32-16-20-56(6)21-17-32)48-53-40(27-66-48)33-12-15-41-37(22-33)38(23-51(4,5)28-65-50(62)39-11-9-19-58(55-39)49(44)61)45(36-10-8-18-52-43(36)31(3)63-7)59(41)35-24-57(25-35)34-13-14-34/h8,10,12,15,18,22,27,29-32,34-35,39,42,44,46,55H,9,11,13-14,16-17,19-21,23-26,28H2,1-7H3,(H,54,60)/t29-,30+,31-,39-,42?,44-,46-/m0/s1. The van der Waals surface area contributed by atoms with Crippen LogP contribution in [0.1, 0.15) is 108 Å². The van der Waals surface area contributed by atoms with E-state index < -0.39 is 29.6 Å². The maximum atomic E-state index is 15.0. The highest BCUT2D eigenvalue weighted by Gasteiger charge is 2.50. The second kappa shape index (κ2) is 18.3. The predicted molar refractivity (Wildman–Crippen MR) is 254 cm³/mol. The minimum atomic E-state index is -1.07. The number of nitrogens with zero attached hydrogens (tertiary/aromatic N) is 6. The van der Waals surface area contributed by atoms with Crippen molar-refractivity contribution in [2.24, 2.45) is 29.1 Å². The largest absolute Gasteiger partial charge is 0.464 e. The van der Waals surface area contributed by atoms with Gasteiger partial charge in [0.25, 0.3) is 5.91 Å². The number of hydrogen-bond acceptors (Lipinski definition) is 12. The Morgan fingerprint density at radius 3 is 2.55 bits per heavy atom. The molecule has 5 fully saturated rings. The molecule has 14 nitrogen and oxygen atoms in total. The maximum Gasteiger partial charge on any atom is 0.324 e. The molecule has 7 heterocycles. The summed E-state index contributed by atoms with van der Waals surface area (Å²) in [5.41, 5.74) is 9.88. The summed E-state index contributed by atoms with van der Waals surface area (Å²) in [4.78, 5) is 58.4. The minimum Gasteiger partial charge on any atom is -0.464 e. The van der Waals surface area contributed by atoms with Gasteiger partial charge in [-0.25, -0.2) is 10.4 Å². The summed E-state index contributed by atoms with van der Waals surface area (Å²) in [6.45, 7) is 15.4. The van der Waals surface area contributed by atoms with Crippen molar-refractivity contribution in [3.8, 4) is 22.5 Å². The third-order valence-electron chi connectivity index (χ3n) is 15.7. The Bertz CT molecular complexity index is 2440. The fourth-order valence-electron chi connectivity index (χ4n) is 11.0. The Kier molecular flexibility index (Phi) is 12.7. The number of carbonyl (C=O) groups is 3. The van der Waals surface area contributed by atoms with E-state index in [1.807, 2.05) is 12.3 Å². The fraction of sp³-hybridized carbons (Fsp3) is 0.627. The molecule has 0 radical (unpaired) electrons. The minimum absolute atomic E-state index is 0.156. The molecular weight excluding hydrogens is 853 g/mol. The highest BCUT2D eigenvalue weighted by atomic mass is 32.1. The Balaban J connectivity index is 1.12. The van der Waals surface area contributed by atoms with Gasteiger partial charge in [0.15, 0.2) is 0 Å². The highest BCUT2D eigenvalue weighted by molar-refractivity contribution is 7.10. The number of rotatable bonds is 10. The number of hydrogen-bond donors (Lipinski definition) is 2. The number of likely N-dealkylation sites (tertiary alicyclic amines) is 2. The van der Waals surface area contributed by atoms with Crippen molar-refractivity contribution in [1.82, 2.24) is 40.1 Å². The monoisotopic (exact) mass is 920 g/mol. The Labute approximate surface area is 393 Å². The molecule has 15 heteroatoms. The summed E-state index contributed by atoms with van der Waals surface area (Å²) in [5.74, 6) is -0.359. The number of fused-ring (bicyclic) bond motifs is 6. The number of cyclic esters (lactones) is 1. The molecule has 1 unspecified atom stereocenters. The second-order valence-corrected chi connectivity index (χ2v) is 22.0. The molecule has 2 amide bonds. The first-order chi connectivity index (χ1) is 31.8. The number of piperidine rings is 1. The van der Waals surface area contributed by atoms with Crippen LogP contribution in [0.15, 0.2) is 41.9 Å². The molecular formula is C51H68N8O6S. The van der Waals surface area contributed by atoms with Gasteiger partial charge in [-0.3, -0.25) is 29.3 Å². The molecule has 6 aliphatic rings. The summed E-state index contributed by atoms with van der Waals surface area (Å²) in [7, 11) is 3.87. The van der Waals surface area contributed by atoms with Crippen LogP contribution in [0.25, 0.3) is 33.4 Å². The maximum absolute atomic E-state index is 15.0. The van der Waals surface area contributed by atoms with Gasteiger partial charge in [-0.05, 0) is 120 Å². The SMILES string of the molecule is CO[C@@H](C)c1ncccc1-c1c2c3cc(ccc3n1C1CN(C3CC3)C1)-c1csc(n1)[C@@H](OCC1CCN(C)CC1)[C@H](NC(=O)C1[C@@H](C)[C@H]1C)C(=O)N1CCC[C@H](N1)C(=O)OCC(C)(C)C2. The first-order valence-electron chi connectivity index (χ1n) is 24.5. The summed E-state index contributed by atoms with van der Waals surface area (Å²) in [6.07, 6.45) is 6.97. The Morgan fingerprint density at radius 2 is 1.82 bits per heavy atom. The quantitative estimate of drug-likeness (QED) is 0.160. The van der Waals surface area contributed by atoms with Crippen LogP contribution in [0, 0.1) is 29.1 Å². The lowest BCUT2D eigenvalue weighted by atomic mass is 9.84. The molecule has 3 saturated heterocycles. The lowest BCUT2D eigenvalue weighted by Crippen LogP contribution is -2.61. The Morgan fingerprint density at radius 1 is 1.05 bits per heavy atom. The number of pyridine rings is 1. The number of esters is 1. The van der Waals surface area contributed by atoms with E-state index in [0.29, 0.717) is 49.4 Å². The van der Waals surface area contributed by atoms with E-state index in [0.717, 1.165) is 78.1 Å². The molecule has 2 saturated carbocycles. The van der Waals surface area contributed by atoms with Gasteiger partial charge < -0.3 is 29.0 Å². The van der Waals surface area contributed by atoms with Crippen molar-refractivity contribution in [3.63, 3.8) is 0 Å². The van der Waals surface area contributed by atoms with Crippen LogP contribution in [0.2, 0.25) is 0 Å². The number of aromatic nitrogens is 3. The van der Waals surface area contributed by atoms with E-state index in [1.165, 1.54) is 34.8 Å². The van der Waals surface area contributed by atoms with E-state index >= 15 is 4.79 Å². The van der Waals surface area contributed by atoms with Crippen molar-refractivity contribution in [2.75, 3.05) is 60.1 Å². The first kappa shape index (κ1) is 45.5. The van der Waals surface area contributed by atoms with Crippen LogP contribution in [-0.4, -0.2) is 125 Å². The van der Waals surface area contributed by atoms with Crippen LogP contribution < -0.4 is 10.7 Å². The van der Waals surface area contributed by atoms with E-state index in [2.05, 4.69) is 96.4 Å². The van der Waals surface area contributed by atoms with E-state index in [1.54, 1.807) is 7.11 Å². The molecule has 7 atom stereocenters. The molecule has 0 spiro atoms. The molecule has 2 aliphatic carbocycles. The molecule has 4 aromatic rings. The molecule has 6 bridgehead atoms. The highest BCUT2D eigenvalue weighted by Crippen LogP contribution is 2.48. The normalized spacial score (nSPS) is 28.4. The molecule has 3 aromatic heterocycles. The third-order valence-corrected chi connectivity index (χ3v) is 16.6. The molecule has 354 valence electrons. The van der Waals surface area contributed by atoms with Crippen LogP contribution in [0.3, 0.4) is 0 Å². The van der Waals surface area contributed by atoms with Gasteiger partial charge in [-0.15, -0.1) is 11.3 Å². The van der Waals surface area contributed by atoms with Gasteiger partial charge >= 0.3 is 5.97 Å². The molecule has 1 aromatic carbocycles. The van der Waals surface area contributed by atoms with Gasteiger partial charge in [-0.2, -0.15) is 0 Å². The number of ether oxygens (including phenoxy) is 3. The van der Waals surface area contributed by atoms with E-state index in [9.17, 15) is 9.59 Å². The lowest BCUT2D eigenvalue weighted by Gasteiger charge is -2.42. The predicted octanol–water partition coefficient (Wildman–Crippen LogP) is 6.96. The number of amides is 2. The lowest BCUT2D eigenvalue weighted by molar-refractivity contribution is -0.157. The van der Waals surface area contributed by atoms with Crippen molar-refractivity contribution in [1.29, 1.82) is 0 Å². The average Bonchev–Trinajstić information content (AvgIpc) is 4.15.